The van der Waals surface area contributed by atoms with Gasteiger partial charge < -0.3 is 10.2 Å². The van der Waals surface area contributed by atoms with Gasteiger partial charge in [-0.05, 0) is 42.4 Å². The lowest BCUT2D eigenvalue weighted by Crippen LogP contribution is -2.44. The van der Waals surface area contributed by atoms with Gasteiger partial charge in [0.15, 0.2) is 0 Å². The molecule has 2 heterocycles. The number of hydrogen-bond acceptors (Lipinski definition) is 2. The molecule has 4 rings (SSSR count). The van der Waals surface area contributed by atoms with Crippen LogP contribution in [0.3, 0.4) is 0 Å². The molecule has 0 fully saturated rings. The third-order valence-electron chi connectivity index (χ3n) is 6.34. The first-order valence-corrected chi connectivity index (χ1v) is 11.3. The second-order valence-corrected chi connectivity index (χ2v) is 8.56. The minimum Gasteiger partial charge on any atom is -0.383 e. The van der Waals surface area contributed by atoms with E-state index in [0.717, 1.165) is 25.9 Å². The molecule has 0 bridgehead atoms. The number of aryl methyl sites for hydroxylation is 2. The second-order valence-electron chi connectivity index (χ2n) is 8.56. The van der Waals surface area contributed by atoms with Gasteiger partial charge in [0.25, 0.3) is 0 Å². The van der Waals surface area contributed by atoms with Crippen LogP contribution in [0, 0.1) is 12.8 Å². The van der Waals surface area contributed by atoms with Crippen molar-refractivity contribution < 1.29 is 4.79 Å². The molecule has 2 aliphatic heterocycles. The Bertz CT molecular complexity index is 985. The average molecular weight is 413 g/mol. The number of rotatable bonds is 4. The monoisotopic (exact) mass is 412 g/mol. The Labute approximate surface area is 186 Å². The van der Waals surface area contributed by atoms with E-state index in [9.17, 15) is 4.79 Å². The van der Waals surface area contributed by atoms with E-state index in [1.165, 1.54) is 28.0 Å². The van der Waals surface area contributed by atoms with Gasteiger partial charge in [0.2, 0.25) is 5.91 Å². The van der Waals surface area contributed by atoms with Crippen molar-refractivity contribution in [3.63, 3.8) is 0 Å². The van der Waals surface area contributed by atoms with E-state index < -0.39 is 0 Å². The first-order chi connectivity index (χ1) is 15.1. The normalized spacial score (nSPS) is 23.1. The Kier molecular flexibility index (Phi) is 6.71. The number of carbonyl (C=O) groups is 1. The van der Waals surface area contributed by atoms with Gasteiger partial charge in [0.05, 0.1) is 6.04 Å². The molecule has 3 heteroatoms. The van der Waals surface area contributed by atoms with Crippen LogP contribution < -0.4 is 5.32 Å². The van der Waals surface area contributed by atoms with E-state index in [-0.39, 0.29) is 11.9 Å². The summed E-state index contributed by atoms with van der Waals surface area (Å²) in [7, 11) is 0. The molecule has 0 saturated carbocycles. The molecule has 31 heavy (non-hydrogen) atoms. The molecule has 0 radical (unpaired) electrons. The molecule has 1 N–H and O–H groups in total. The maximum Gasteiger partial charge on any atom is 0.223 e. The fourth-order valence-corrected chi connectivity index (χ4v) is 4.59. The highest BCUT2D eigenvalue weighted by molar-refractivity contribution is 5.78. The van der Waals surface area contributed by atoms with Crippen LogP contribution in [0.1, 0.15) is 42.5 Å². The van der Waals surface area contributed by atoms with Crippen LogP contribution in [0.25, 0.3) is 0 Å². The van der Waals surface area contributed by atoms with Gasteiger partial charge in [-0.1, -0.05) is 91.4 Å². The fourth-order valence-electron chi connectivity index (χ4n) is 4.59. The van der Waals surface area contributed by atoms with Gasteiger partial charge in [-0.15, -0.1) is 0 Å². The number of carbonyl (C=O) groups excluding carboxylic acids is 1. The van der Waals surface area contributed by atoms with E-state index in [0.29, 0.717) is 12.3 Å². The molecule has 160 valence electrons. The van der Waals surface area contributed by atoms with Crippen LogP contribution in [-0.2, 0) is 11.2 Å². The number of benzene rings is 2. The van der Waals surface area contributed by atoms with Crippen molar-refractivity contribution in [1.82, 2.24) is 10.2 Å². The fraction of sp³-hybridized carbons (Fsp3) is 0.321. The van der Waals surface area contributed by atoms with Crippen molar-refractivity contribution in [2.75, 3.05) is 13.1 Å². The summed E-state index contributed by atoms with van der Waals surface area (Å²) in [5.74, 6) is 0.571. The van der Waals surface area contributed by atoms with E-state index in [4.69, 9.17) is 0 Å². The zero-order valence-electron chi connectivity index (χ0n) is 18.6. The standard InChI is InChI=1S/C28H32N2O/c1-21-12-15-24(16-13-21)28-27-25(22(2)9-5-4-8-19-29-27)18-20-30(28)26(31)17-14-23-10-6-3-7-11-23/h3-13,15-16,22,28-29H,14,17-20H2,1-2H3/b8-4-,9-5-. The lowest BCUT2D eigenvalue weighted by Gasteiger charge is -2.41. The first kappa shape index (κ1) is 21.2. The van der Waals surface area contributed by atoms with Crippen molar-refractivity contribution in [1.29, 1.82) is 0 Å². The summed E-state index contributed by atoms with van der Waals surface area (Å²) >= 11 is 0. The molecule has 0 aliphatic carbocycles. The molecule has 0 saturated heterocycles. The van der Waals surface area contributed by atoms with Gasteiger partial charge in [-0.3, -0.25) is 4.79 Å². The van der Waals surface area contributed by atoms with Gasteiger partial charge in [0, 0.05) is 25.2 Å². The molecule has 2 aromatic rings. The maximum atomic E-state index is 13.4. The Morgan fingerprint density at radius 3 is 2.61 bits per heavy atom. The highest BCUT2D eigenvalue weighted by Gasteiger charge is 2.34. The lowest BCUT2D eigenvalue weighted by atomic mass is 9.85. The third-order valence-corrected chi connectivity index (χ3v) is 6.34. The number of hydrogen-bond donors (Lipinski definition) is 1. The van der Waals surface area contributed by atoms with Gasteiger partial charge in [-0.25, -0.2) is 0 Å². The Hall–Kier alpha value is -3.07. The topological polar surface area (TPSA) is 32.3 Å². The molecule has 0 spiro atoms. The molecule has 3 nitrogen and oxygen atoms in total. The molecule has 2 aliphatic rings. The Morgan fingerprint density at radius 2 is 1.84 bits per heavy atom. The molecular formula is C28H32N2O. The molecule has 1 amide bonds. The van der Waals surface area contributed by atoms with Gasteiger partial charge in [-0.2, -0.15) is 0 Å². The third kappa shape index (κ3) is 4.99. The van der Waals surface area contributed by atoms with Crippen molar-refractivity contribution in [2.24, 2.45) is 5.92 Å². The van der Waals surface area contributed by atoms with Crippen molar-refractivity contribution in [2.45, 2.75) is 39.2 Å². The molecular weight excluding hydrogens is 380 g/mol. The van der Waals surface area contributed by atoms with E-state index in [1.54, 1.807) is 0 Å². The zero-order valence-corrected chi connectivity index (χ0v) is 18.6. The van der Waals surface area contributed by atoms with Crippen molar-refractivity contribution in [3.8, 4) is 0 Å². The number of amides is 1. The summed E-state index contributed by atoms with van der Waals surface area (Å²) in [6.45, 7) is 5.89. The Morgan fingerprint density at radius 1 is 1.06 bits per heavy atom. The van der Waals surface area contributed by atoms with Crippen LogP contribution >= 0.6 is 0 Å². The average Bonchev–Trinajstić information content (AvgIpc) is 2.89. The Balaban J connectivity index is 1.66. The molecule has 0 aromatic heterocycles. The highest BCUT2D eigenvalue weighted by atomic mass is 16.2. The molecule has 2 unspecified atom stereocenters. The van der Waals surface area contributed by atoms with Crippen molar-refractivity contribution in [3.05, 3.63) is 107 Å². The van der Waals surface area contributed by atoms with E-state index >= 15 is 0 Å². The molecule has 2 aromatic carbocycles. The summed E-state index contributed by atoms with van der Waals surface area (Å²) < 4.78 is 0. The maximum absolute atomic E-state index is 13.4. The van der Waals surface area contributed by atoms with Crippen LogP contribution in [0.2, 0.25) is 0 Å². The predicted molar refractivity (Wildman–Crippen MR) is 127 cm³/mol. The summed E-state index contributed by atoms with van der Waals surface area (Å²) in [6, 6.07) is 18.9. The zero-order chi connectivity index (χ0) is 21.6. The van der Waals surface area contributed by atoms with E-state index in [2.05, 4.69) is 84.8 Å². The molecule has 2 atom stereocenters. The number of nitrogens with zero attached hydrogens (tertiary/aromatic N) is 1. The lowest BCUT2D eigenvalue weighted by molar-refractivity contribution is -0.133. The smallest absolute Gasteiger partial charge is 0.223 e. The van der Waals surface area contributed by atoms with E-state index in [1.807, 2.05) is 18.2 Å². The SMILES string of the molecule is Cc1ccc(C2C3=C(CCN2C(=O)CCc2ccccc2)C(C)/C=C\C=C/CN3)cc1. The van der Waals surface area contributed by atoms with Gasteiger partial charge >= 0.3 is 0 Å². The second kappa shape index (κ2) is 9.82. The predicted octanol–water partition coefficient (Wildman–Crippen LogP) is 5.51. The minimum atomic E-state index is -0.0602. The summed E-state index contributed by atoms with van der Waals surface area (Å²) in [6.07, 6.45) is 10.9. The minimum absolute atomic E-state index is 0.0602. The highest BCUT2D eigenvalue weighted by Crippen LogP contribution is 2.38. The quantitative estimate of drug-likeness (QED) is 0.718. The van der Waals surface area contributed by atoms with Crippen LogP contribution in [0.4, 0.5) is 0 Å². The summed E-state index contributed by atoms with van der Waals surface area (Å²) in [5, 5.41) is 3.67. The van der Waals surface area contributed by atoms with Crippen LogP contribution in [-0.4, -0.2) is 23.9 Å². The summed E-state index contributed by atoms with van der Waals surface area (Å²) in [5.41, 5.74) is 6.24. The van der Waals surface area contributed by atoms with Crippen LogP contribution in [0.15, 0.2) is 90.2 Å². The first-order valence-electron chi connectivity index (χ1n) is 11.3. The number of allylic oxidation sites excluding steroid dienone is 3. The van der Waals surface area contributed by atoms with Crippen LogP contribution in [0.5, 0.6) is 0 Å². The summed E-state index contributed by atoms with van der Waals surface area (Å²) in [4.78, 5) is 15.5. The van der Waals surface area contributed by atoms with Crippen molar-refractivity contribution >= 4 is 5.91 Å². The number of nitrogens with one attached hydrogen (secondary N) is 1. The largest absolute Gasteiger partial charge is 0.383 e. The van der Waals surface area contributed by atoms with Gasteiger partial charge in [0.1, 0.15) is 0 Å².